The van der Waals surface area contributed by atoms with Gasteiger partial charge in [-0.2, -0.15) is 4.31 Å². The minimum atomic E-state index is -3.76. The maximum Gasteiger partial charge on any atom is 0.248 e. The van der Waals surface area contributed by atoms with Gasteiger partial charge in [0.1, 0.15) is 11.2 Å². The second-order valence-electron chi connectivity index (χ2n) is 13.1. The van der Waals surface area contributed by atoms with Gasteiger partial charge in [0.2, 0.25) is 21.5 Å². The lowest BCUT2D eigenvalue weighted by Gasteiger charge is -2.37. The van der Waals surface area contributed by atoms with Crippen LogP contribution < -0.4 is 16.6 Å². The van der Waals surface area contributed by atoms with Crippen molar-refractivity contribution in [3.8, 4) is 5.75 Å². The van der Waals surface area contributed by atoms with E-state index in [2.05, 4.69) is 15.2 Å². The van der Waals surface area contributed by atoms with E-state index < -0.39 is 27.4 Å². The number of H-pyrrole nitrogens is 1. The smallest absolute Gasteiger partial charge is 0.248 e. The summed E-state index contributed by atoms with van der Waals surface area (Å²) in [5, 5.41) is 24.7. The summed E-state index contributed by atoms with van der Waals surface area (Å²) in [6.07, 6.45) is -0.177. The molecule has 4 aromatic carbocycles. The number of aliphatic hydroxyl groups excluding tert-OH is 1. The molecule has 5 aromatic rings. The van der Waals surface area contributed by atoms with Crippen molar-refractivity contribution in [2.75, 3.05) is 39.8 Å². The third-order valence-corrected chi connectivity index (χ3v) is 11.9. The lowest BCUT2D eigenvalue weighted by atomic mass is 9.64. The first kappa shape index (κ1) is 36.0. The molecule has 1 amide bonds. The molecule has 266 valence electrons. The average Bonchev–Trinajstić information content (AvgIpc) is 3.61. The van der Waals surface area contributed by atoms with Gasteiger partial charge in [-0.25, -0.2) is 8.42 Å². The van der Waals surface area contributed by atoms with E-state index in [1.807, 2.05) is 60.7 Å². The molecule has 1 fully saturated rings. The number of rotatable bonds is 14. The summed E-state index contributed by atoms with van der Waals surface area (Å²) in [4.78, 5) is 30.1. The summed E-state index contributed by atoms with van der Waals surface area (Å²) >= 11 is 0. The Hall–Kier alpha value is -4.85. The second kappa shape index (κ2) is 15.2. The van der Waals surface area contributed by atoms with Crippen LogP contribution in [-0.4, -0.2) is 78.5 Å². The van der Waals surface area contributed by atoms with Crippen molar-refractivity contribution < 1.29 is 23.4 Å². The van der Waals surface area contributed by atoms with Crippen LogP contribution in [0.3, 0.4) is 0 Å². The summed E-state index contributed by atoms with van der Waals surface area (Å²) < 4.78 is 28.4. The first-order chi connectivity index (χ1) is 24.5. The Morgan fingerprint density at radius 3 is 2.25 bits per heavy atom. The molecule has 0 bridgehead atoms. The summed E-state index contributed by atoms with van der Waals surface area (Å²) in [6, 6.07) is 31.9. The van der Waals surface area contributed by atoms with Gasteiger partial charge in [0.15, 0.2) is 0 Å². The zero-order chi connectivity index (χ0) is 36.2. The van der Waals surface area contributed by atoms with Crippen LogP contribution in [0.4, 0.5) is 0 Å². The number of aromatic amines is 1. The van der Waals surface area contributed by atoms with Crippen LogP contribution >= 0.6 is 0 Å². The van der Waals surface area contributed by atoms with Gasteiger partial charge in [0.05, 0.1) is 16.5 Å². The first-order valence-corrected chi connectivity index (χ1v) is 18.4. The van der Waals surface area contributed by atoms with E-state index >= 15 is 0 Å². The molecule has 1 aromatic heterocycles. The molecule has 6 rings (SSSR count). The largest absolute Gasteiger partial charge is 0.506 e. The molecule has 1 aliphatic heterocycles. The fourth-order valence-corrected chi connectivity index (χ4v) is 8.45. The van der Waals surface area contributed by atoms with Crippen molar-refractivity contribution in [2.24, 2.45) is 11.7 Å². The van der Waals surface area contributed by atoms with Gasteiger partial charge in [-0.3, -0.25) is 9.59 Å². The molecule has 0 radical (unpaired) electrons. The number of phenolic OH excluding ortho intramolecular Hbond substituents is 1. The van der Waals surface area contributed by atoms with Crippen molar-refractivity contribution in [1.29, 1.82) is 0 Å². The number of carbonyl (C=O) groups excluding carboxylic acids is 1. The van der Waals surface area contributed by atoms with Gasteiger partial charge in [-0.1, -0.05) is 78.9 Å². The second-order valence-corrected chi connectivity index (χ2v) is 15.1. The number of carbonyl (C=O) groups is 1. The van der Waals surface area contributed by atoms with Crippen LogP contribution in [0.2, 0.25) is 0 Å². The van der Waals surface area contributed by atoms with Gasteiger partial charge in [0.25, 0.3) is 0 Å². The van der Waals surface area contributed by atoms with Crippen molar-refractivity contribution in [1.82, 2.24) is 19.5 Å². The predicted octanol–water partition coefficient (Wildman–Crippen LogP) is 3.47. The maximum atomic E-state index is 13.5. The Morgan fingerprint density at radius 2 is 1.63 bits per heavy atom. The molecule has 6 N–H and O–H groups in total. The molecule has 2 atom stereocenters. The fraction of sp³-hybridized carbons (Fsp3) is 0.282. The number of fused-ring (bicyclic) bond motifs is 1. The Labute approximate surface area is 297 Å². The molecular formula is C39H43N5O6S. The highest BCUT2D eigenvalue weighted by Crippen LogP contribution is 2.43. The standard InChI is InChI=1S/C39H43N5O6S/c1-43(22-23-44-21-20-30(26-44)39(38(40)48,28-8-4-2-5-9-28)29-10-6-3-7-11-29)51(49,50)31-14-12-27(13-15-31)24-41-25-35(46)32-16-18-34(45)37-33(32)17-19-36(47)42-37/h2-19,30,35,41,45-46H,20-26H2,1H3,(H2,40,48)(H,42,47)/t30-,35+/m1/s1. The number of amides is 1. The molecule has 1 aliphatic rings. The highest BCUT2D eigenvalue weighted by atomic mass is 32.2. The highest BCUT2D eigenvalue weighted by molar-refractivity contribution is 7.89. The summed E-state index contributed by atoms with van der Waals surface area (Å²) in [7, 11) is -2.19. The lowest BCUT2D eigenvalue weighted by molar-refractivity contribution is -0.123. The zero-order valence-electron chi connectivity index (χ0n) is 28.4. The van der Waals surface area contributed by atoms with Crippen molar-refractivity contribution >= 4 is 26.8 Å². The summed E-state index contributed by atoms with van der Waals surface area (Å²) in [6.45, 7) is 2.66. The SMILES string of the molecule is CN(CCN1CC[C@@H](C(C(N)=O)(c2ccccc2)c2ccccc2)C1)S(=O)(=O)c1ccc(CNC[C@H](O)c2ccc(O)c3[nH]c(=O)ccc23)cc1. The molecule has 0 saturated carbocycles. The van der Waals surface area contributed by atoms with E-state index in [0.717, 1.165) is 23.1 Å². The third kappa shape index (κ3) is 7.32. The van der Waals surface area contributed by atoms with E-state index in [-0.39, 0.29) is 40.7 Å². The molecule has 0 spiro atoms. The first-order valence-electron chi connectivity index (χ1n) is 16.9. The lowest BCUT2D eigenvalue weighted by Crippen LogP contribution is -2.49. The normalized spacial score (nSPS) is 16.1. The monoisotopic (exact) mass is 709 g/mol. The quantitative estimate of drug-likeness (QED) is 0.117. The number of benzene rings is 4. The molecule has 0 unspecified atom stereocenters. The van der Waals surface area contributed by atoms with Gasteiger partial charge < -0.3 is 31.1 Å². The number of nitrogens with one attached hydrogen (secondary N) is 2. The number of hydrogen-bond acceptors (Lipinski definition) is 8. The van der Waals surface area contributed by atoms with Gasteiger partial charge in [-0.15, -0.1) is 0 Å². The average molecular weight is 710 g/mol. The predicted molar refractivity (Wildman–Crippen MR) is 197 cm³/mol. The van der Waals surface area contributed by atoms with E-state index in [0.29, 0.717) is 37.1 Å². The molecule has 2 heterocycles. The Kier molecular flexibility index (Phi) is 10.7. The van der Waals surface area contributed by atoms with Crippen LogP contribution in [0.15, 0.2) is 119 Å². The summed E-state index contributed by atoms with van der Waals surface area (Å²) in [5.41, 5.74) is 8.24. The molecular weight excluding hydrogens is 667 g/mol. The van der Waals surface area contributed by atoms with Gasteiger partial charge in [0, 0.05) is 51.2 Å². The minimum absolute atomic E-state index is 0.0779. The molecule has 11 nitrogen and oxygen atoms in total. The number of aromatic nitrogens is 1. The molecule has 51 heavy (non-hydrogen) atoms. The third-order valence-electron chi connectivity index (χ3n) is 10.0. The van der Waals surface area contributed by atoms with Crippen LogP contribution in [0.1, 0.15) is 34.8 Å². The number of primary amides is 1. The van der Waals surface area contributed by atoms with E-state index in [4.69, 9.17) is 5.73 Å². The van der Waals surface area contributed by atoms with E-state index in [1.165, 1.54) is 16.4 Å². The van der Waals surface area contributed by atoms with Crippen LogP contribution in [0, 0.1) is 5.92 Å². The number of likely N-dealkylation sites (N-methyl/N-ethyl adjacent to an activating group) is 1. The van der Waals surface area contributed by atoms with E-state index in [9.17, 15) is 28.2 Å². The topological polar surface area (TPSA) is 169 Å². The zero-order valence-corrected chi connectivity index (χ0v) is 29.2. The number of pyridine rings is 1. The Morgan fingerprint density at radius 1 is 0.980 bits per heavy atom. The van der Waals surface area contributed by atoms with Crippen molar-refractivity contribution in [3.63, 3.8) is 0 Å². The van der Waals surface area contributed by atoms with Crippen molar-refractivity contribution in [3.05, 3.63) is 142 Å². The highest BCUT2D eigenvalue weighted by Gasteiger charge is 2.49. The number of aliphatic hydroxyl groups is 1. The number of sulfonamides is 1. The Bertz CT molecular complexity index is 2100. The van der Waals surface area contributed by atoms with Crippen molar-refractivity contribution in [2.45, 2.75) is 29.4 Å². The van der Waals surface area contributed by atoms with E-state index in [1.54, 1.807) is 43.4 Å². The number of likely N-dealkylation sites (tertiary alicyclic amines) is 1. The van der Waals surface area contributed by atoms with Gasteiger partial charge >= 0.3 is 0 Å². The van der Waals surface area contributed by atoms with Crippen LogP contribution in [0.25, 0.3) is 10.9 Å². The number of nitrogens with two attached hydrogens (primary N) is 1. The number of aromatic hydroxyl groups is 1. The molecule has 12 heteroatoms. The number of hydrogen-bond donors (Lipinski definition) is 5. The number of nitrogens with zero attached hydrogens (tertiary/aromatic N) is 2. The van der Waals surface area contributed by atoms with Crippen LogP contribution in [0.5, 0.6) is 5.75 Å². The maximum absolute atomic E-state index is 13.5. The summed E-state index contributed by atoms with van der Waals surface area (Å²) in [5.74, 6) is -0.563. The molecule has 0 aliphatic carbocycles. The Balaban J connectivity index is 1.05. The minimum Gasteiger partial charge on any atom is -0.506 e. The van der Waals surface area contributed by atoms with Crippen LogP contribution in [-0.2, 0) is 26.8 Å². The fourth-order valence-electron chi connectivity index (χ4n) is 7.29. The molecule has 1 saturated heterocycles. The van der Waals surface area contributed by atoms with Gasteiger partial charge in [-0.05, 0) is 65.4 Å². The number of phenols is 1.